The van der Waals surface area contributed by atoms with Gasteiger partial charge in [0.1, 0.15) is 5.75 Å². The van der Waals surface area contributed by atoms with Gasteiger partial charge in [-0.15, -0.1) is 0 Å². The molecule has 0 aliphatic heterocycles. The molecule has 0 aliphatic carbocycles. The summed E-state index contributed by atoms with van der Waals surface area (Å²) < 4.78 is 7.23. The smallest absolute Gasteiger partial charge is 0.258 e. The minimum atomic E-state index is -0.332. The van der Waals surface area contributed by atoms with Gasteiger partial charge < -0.3 is 15.4 Å². The predicted octanol–water partition coefficient (Wildman–Crippen LogP) is 1.20. The molecule has 0 saturated heterocycles. The number of nitrogens with zero attached hydrogens (tertiary/aromatic N) is 2. The predicted molar refractivity (Wildman–Crippen MR) is 94.3 cm³/mol. The third-order valence-corrected chi connectivity index (χ3v) is 3.53. The van der Waals surface area contributed by atoms with E-state index in [1.807, 2.05) is 42.8 Å². The van der Waals surface area contributed by atoms with E-state index < -0.39 is 0 Å². The highest BCUT2D eigenvalue weighted by Gasteiger charge is 2.06. The fraction of sp³-hybridized carbons (Fsp3) is 0.389. The van der Waals surface area contributed by atoms with Crippen LogP contribution in [0.5, 0.6) is 5.75 Å². The first kappa shape index (κ1) is 18.5. The summed E-state index contributed by atoms with van der Waals surface area (Å²) in [5.41, 5.74) is 2.09. The summed E-state index contributed by atoms with van der Waals surface area (Å²) in [7, 11) is 0. The number of ether oxygens (including phenoxy) is 1. The van der Waals surface area contributed by atoms with Crippen molar-refractivity contribution >= 4 is 11.8 Å². The molecule has 2 N–H and O–H groups in total. The van der Waals surface area contributed by atoms with Crippen molar-refractivity contribution in [2.24, 2.45) is 0 Å². The normalized spacial score (nSPS) is 10.3. The molecule has 0 bridgehead atoms. The summed E-state index contributed by atoms with van der Waals surface area (Å²) >= 11 is 0. The van der Waals surface area contributed by atoms with Crippen molar-refractivity contribution in [2.45, 2.75) is 26.8 Å². The molecule has 0 spiro atoms. The summed E-state index contributed by atoms with van der Waals surface area (Å²) in [6, 6.07) is 11.1. The zero-order valence-electron chi connectivity index (χ0n) is 14.6. The van der Waals surface area contributed by atoms with Gasteiger partial charge in [-0.25, -0.2) is 0 Å². The van der Waals surface area contributed by atoms with Crippen LogP contribution in [0.15, 0.2) is 36.4 Å². The maximum Gasteiger partial charge on any atom is 0.258 e. The zero-order chi connectivity index (χ0) is 18.1. The van der Waals surface area contributed by atoms with Gasteiger partial charge in [-0.05, 0) is 38.5 Å². The van der Waals surface area contributed by atoms with Crippen LogP contribution in [-0.2, 0) is 16.1 Å². The van der Waals surface area contributed by atoms with E-state index in [0.29, 0.717) is 12.3 Å². The maximum absolute atomic E-state index is 11.7. The van der Waals surface area contributed by atoms with Gasteiger partial charge in [0.15, 0.2) is 6.61 Å². The summed E-state index contributed by atoms with van der Waals surface area (Å²) in [5, 5.41) is 9.67. The van der Waals surface area contributed by atoms with E-state index in [4.69, 9.17) is 4.74 Å². The van der Waals surface area contributed by atoms with Crippen LogP contribution in [0.1, 0.15) is 17.8 Å². The lowest BCUT2D eigenvalue weighted by atomic mass is 10.3. The summed E-state index contributed by atoms with van der Waals surface area (Å²) in [6.45, 7) is 5.07. The van der Waals surface area contributed by atoms with Crippen molar-refractivity contribution in [3.8, 4) is 5.75 Å². The second-order valence-corrected chi connectivity index (χ2v) is 5.73. The Morgan fingerprint density at radius 3 is 2.56 bits per heavy atom. The number of nitrogens with one attached hydrogen (secondary N) is 2. The lowest BCUT2D eigenvalue weighted by Crippen LogP contribution is -2.39. The number of amides is 2. The van der Waals surface area contributed by atoms with Gasteiger partial charge in [0.25, 0.3) is 5.91 Å². The average molecular weight is 344 g/mol. The monoisotopic (exact) mass is 344 g/mol. The lowest BCUT2D eigenvalue weighted by Gasteiger charge is -2.09. The second-order valence-electron chi connectivity index (χ2n) is 5.73. The fourth-order valence-corrected chi connectivity index (χ4v) is 2.32. The van der Waals surface area contributed by atoms with Crippen LogP contribution < -0.4 is 15.4 Å². The third kappa shape index (κ3) is 6.66. The van der Waals surface area contributed by atoms with E-state index in [-0.39, 0.29) is 25.0 Å². The molecular formula is C18H24N4O3. The first-order valence-electron chi connectivity index (χ1n) is 8.27. The van der Waals surface area contributed by atoms with Gasteiger partial charge in [-0.2, -0.15) is 5.10 Å². The van der Waals surface area contributed by atoms with Gasteiger partial charge in [-0.1, -0.05) is 18.2 Å². The van der Waals surface area contributed by atoms with Crippen molar-refractivity contribution in [2.75, 3.05) is 19.7 Å². The third-order valence-electron chi connectivity index (χ3n) is 3.53. The van der Waals surface area contributed by atoms with Crippen LogP contribution in [-0.4, -0.2) is 41.3 Å². The Labute approximate surface area is 147 Å². The molecule has 2 amide bonds. The van der Waals surface area contributed by atoms with E-state index in [0.717, 1.165) is 24.4 Å². The van der Waals surface area contributed by atoms with Gasteiger partial charge in [0, 0.05) is 18.8 Å². The number of hydrogen-bond acceptors (Lipinski definition) is 4. The van der Waals surface area contributed by atoms with Crippen molar-refractivity contribution in [3.63, 3.8) is 0 Å². The molecule has 0 fully saturated rings. The van der Waals surface area contributed by atoms with Gasteiger partial charge in [0.2, 0.25) is 5.91 Å². The Morgan fingerprint density at radius 1 is 1.12 bits per heavy atom. The molecule has 1 aromatic carbocycles. The number of rotatable bonds is 9. The first-order chi connectivity index (χ1) is 12.0. The molecule has 1 aromatic heterocycles. The Kier molecular flexibility index (Phi) is 7.00. The first-order valence-corrected chi connectivity index (χ1v) is 8.27. The van der Waals surface area contributed by atoms with Crippen molar-refractivity contribution < 1.29 is 14.3 Å². The average Bonchev–Trinajstić information content (AvgIpc) is 2.93. The second kappa shape index (κ2) is 9.46. The molecule has 0 atom stereocenters. The minimum Gasteiger partial charge on any atom is -0.484 e. The molecule has 0 unspecified atom stereocenters. The number of carbonyl (C=O) groups is 2. The van der Waals surface area contributed by atoms with Crippen LogP contribution in [0.3, 0.4) is 0 Å². The number of hydrogen-bond donors (Lipinski definition) is 2. The van der Waals surface area contributed by atoms with Crippen molar-refractivity contribution in [1.29, 1.82) is 0 Å². The SMILES string of the molecule is Cc1cc(C)n(CCCNC(=O)CNC(=O)COc2ccccc2)n1. The summed E-state index contributed by atoms with van der Waals surface area (Å²) in [5.74, 6) is 0.0642. The number of aryl methyl sites for hydroxylation is 3. The highest BCUT2D eigenvalue weighted by molar-refractivity contribution is 5.85. The topological polar surface area (TPSA) is 85.2 Å². The highest BCUT2D eigenvalue weighted by Crippen LogP contribution is 2.07. The molecule has 7 nitrogen and oxygen atoms in total. The summed E-state index contributed by atoms with van der Waals surface area (Å²) in [6.07, 6.45) is 0.777. The van der Waals surface area contributed by atoms with Crippen molar-refractivity contribution in [3.05, 3.63) is 47.8 Å². The minimum absolute atomic E-state index is 0.0586. The molecule has 0 radical (unpaired) electrons. The number of para-hydroxylation sites is 1. The van der Waals surface area contributed by atoms with Crippen molar-refractivity contribution in [1.82, 2.24) is 20.4 Å². The standard InChI is InChI=1S/C18H24N4O3/c1-14-11-15(2)22(21-14)10-6-9-19-17(23)12-20-18(24)13-25-16-7-4-3-5-8-16/h3-5,7-8,11H,6,9-10,12-13H2,1-2H3,(H,19,23)(H,20,24). The molecule has 1 heterocycles. The van der Waals surface area contributed by atoms with E-state index in [9.17, 15) is 9.59 Å². The van der Waals surface area contributed by atoms with E-state index >= 15 is 0 Å². The molecular weight excluding hydrogens is 320 g/mol. The molecule has 2 rings (SSSR count). The van der Waals surface area contributed by atoms with Gasteiger partial charge in [0.05, 0.1) is 12.2 Å². The largest absolute Gasteiger partial charge is 0.484 e. The summed E-state index contributed by atoms with van der Waals surface area (Å²) in [4.78, 5) is 23.4. The Bertz CT molecular complexity index is 698. The Morgan fingerprint density at radius 2 is 1.88 bits per heavy atom. The van der Waals surface area contributed by atoms with Crippen LogP contribution in [0, 0.1) is 13.8 Å². The van der Waals surface area contributed by atoms with E-state index in [2.05, 4.69) is 15.7 Å². The van der Waals surface area contributed by atoms with Gasteiger partial charge in [-0.3, -0.25) is 14.3 Å². The quantitative estimate of drug-likeness (QED) is 0.670. The lowest BCUT2D eigenvalue weighted by molar-refractivity contribution is -0.127. The van der Waals surface area contributed by atoms with Crippen LogP contribution >= 0.6 is 0 Å². The maximum atomic E-state index is 11.7. The molecule has 2 aromatic rings. The van der Waals surface area contributed by atoms with Crippen LogP contribution in [0.2, 0.25) is 0 Å². The number of carbonyl (C=O) groups excluding carboxylic acids is 2. The number of benzene rings is 1. The molecule has 25 heavy (non-hydrogen) atoms. The number of aromatic nitrogens is 2. The zero-order valence-corrected chi connectivity index (χ0v) is 14.6. The van der Waals surface area contributed by atoms with E-state index in [1.165, 1.54) is 0 Å². The molecule has 0 aliphatic rings. The fourth-order valence-electron chi connectivity index (χ4n) is 2.32. The Hall–Kier alpha value is -2.83. The molecule has 0 saturated carbocycles. The molecule has 134 valence electrons. The van der Waals surface area contributed by atoms with Gasteiger partial charge >= 0.3 is 0 Å². The molecule has 7 heteroatoms. The Balaban J connectivity index is 1.56. The highest BCUT2D eigenvalue weighted by atomic mass is 16.5. The van der Waals surface area contributed by atoms with Crippen LogP contribution in [0.25, 0.3) is 0 Å². The van der Waals surface area contributed by atoms with Crippen LogP contribution in [0.4, 0.5) is 0 Å². The van der Waals surface area contributed by atoms with E-state index in [1.54, 1.807) is 12.1 Å².